The topological polar surface area (TPSA) is 24.5 Å². The van der Waals surface area contributed by atoms with Crippen LogP contribution in [0.5, 0.6) is 5.75 Å². The first-order chi connectivity index (χ1) is 9.70. The van der Waals surface area contributed by atoms with Crippen molar-refractivity contribution in [1.29, 1.82) is 0 Å². The van der Waals surface area contributed by atoms with Gasteiger partial charge in [-0.2, -0.15) is 0 Å². The lowest BCUT2D eigenvalue weighted by atomic mass is 10.0. The minimum absolute atomic E-state index is 0.338. The molecular weight excluding hydrogens is 248 g/mol. The highest BCUT2D eigenvalue weighted by atomic mass is 16.5. The van der Waals surface area contributed by atoms with E-state index in [1.54, 1.807) is 0 Å². The normalized spacial score (nSPS) is 26.6. The van der Waals surface area contributed by atoms with E-state index in [4.69, 9.17) is 4.74 Å². The molecule has 0 bridgehead atoms. The number of hydrogen-bond acceptors (Lipinski definition) is 3. The van der Waals surface area contributed by atoms with E-state index in [0.717, 1.165) is 25.3 Å². The van der Waals surface area contributed by atoms with Crippen LogP contribution in [0.2, 0.25) is 0 Å². The summed E-state index contributed by atoms with van der Waals surface area (Å²) in [5, 5.41) is 3.67. The number of nitrogens with zero attached hydrogens (tertiary/aromatic N) is 1. The van der Waals surface area contributed by atoms with Crippen LogP contribution in [-0.2, 0) is 6.42 Å². The van der Waals surface area contributed by atoms with Gasteiger partial charge in [0.2, 0.25) is 0 Å². The van der Waals surface area contributed by atoms with E-state index >= 15 is 0 Å². The van der Waals surface area contributed by atoms with Gasteiger partial charge in [-0.3, -0.25) is 4.90 Å². The van der Waals surface area contributed by atoms with Gasteiger partial charge >= 0.3 is 0 Å². The van der Waals surface area contributed by atoms with Crippen LogP contribution >= 0.6 is 0 Å². The lowest BCUT2D eigenvalue weighted by Gasteiger charge is -2.35. The average molecular weight is 274 g/mol. The average Bonchev–Trinajstić information content (AvgIpc) is 2.80. The molecule has 1 N–H and O–H groups in total. The van der Waals surface area contributed by atoms with E-state index in [2.05, 4.69) is 48.3 Å². The van der Waals surface area contributed by atoms with Crippen LogP contribution < -0.4 is 10.1 Å². The molecule has 0 saturated carbocycles. The number of hydrogen-bond donors (Lipinski definition) is 1. The Hall–Kier alpha value is -1.06. The van der Waals surface area contributed by atoms with Gasteiger partial charge in [0.1, 0.15) is 11.9 Å². The predicted octanol–water partition coefficient (Wildman–Crippen LogP) is 2.45. The maximum Gasteiger partial charge on any atom is 0.123 e. The lowest BCUT2D eigenvalue weighted by molar-refractivity contribution is 0.118. The number of fused-ring (bicyclic) bond motifs is 1. The molecule has 1 saturated heterocycles. The fourth-order valence-corrected chi connectivity index (χ4v) is 3.47. The molecular formula is C17H26N2O. The molecule has 20 heavy (non-hydrogen) atoms. The molecule has 3 rings (SSSR count). The van der Waals surface area contributed by atoms with E-state index in [1.165, 1.54) is 24.9 Å². The lowest BCUT2D eigenvalue weighted by Crippen LogP contribution is -2.50. The summed E-state index contributed by atoms with van der Waals surface area (Å²) in [7, 11) is 0. The Balaban J connectivity index is 1.52. The zero-order valence-corrected chi connectivity index (χ0v) is 12.6. The van der Waals surface area contributed by atoms with Gasteiger partial charge in [0, 0.05) is 31.6 Å². The standard InChI is InChI=1S/C17H26N2O/c1-13(2)18-15-7-5-9-19(11-15)12-16-10-14-6-3-4-8-17(14)20-16/h3-4,6,8,13,15-16,18H,5,7,9-12H2,1-2H3. The molecule has 0 aromatic heterocycles. The van der Waals surface area contributed by atoms with Crippen molar-refractivity contribution in [3.8, 4) is 5.75 Å². The van der Waals surface area contributed by atoms with Crippen LogP contribution in [0.3, 0.4) is 0 Å². The van der Waals surface area contributed by atoms with E-state index < -0.39 is 0 Å². The Morgan fingerprint density at radius 2 is 2.20 bits per heavy atom. The number of likely N-dealkylation sites (tertiary alicyclic amines) is 1. The molecule has 110 valence electrons. The van der Waals surface area contributed by atoms with E-state index in [1.807, 2.05) is 0 Å². The van der Waals surface area contributed by atoms with Crippen LogP contribution in [0.4, 0.5) is 0 Å². The summed E-state index contributed by atoms with van der Waals surface area (Å²) >= 11 is 0. The van der Waals surface area contributed by atoms with Crippen LogP contribution in [-0.4, -0.2) is 42.7 Å². The maximum atomic E-state index is 6.06. The number of benzene rings is 1. The predicted molar refractivity (Wildman–Crippen MR) is 82.3 cm³/mol. The maximum absolute atomic E-state index is 6.06. The summed E-state index contributed by atoms with van der Waals surface area (Å²) in [6.07, 6.45) is 4.00. The number of piperidine rings is 1. The SMILES string of the molecule is CC(C)NC1CCCN(CC2Cc3ccccc3O2)C1. The summed E-state index contributed by atoms with van der Waals surface area (Å²) in [4.78, 5) is 2.57. The largest absolute Gasteiger partial charge is 0.488 e. The third kappa shape index (κ3) is 3.33. The highest BCUT2D eigenvalue weighted by Crippen LogP contribution is 2.28. The molecule has 0 amide bonds. The quantitative estimate of drug-likeness (QED) is 0.913. The monoisotopic (exact) mass is 274 g/mol. The summed E-state index contributed by atoms with van der Waals surface area (Å²) in [6.45, 7) is 7.90. The molecule has 1 fully saturated rings. The molecule has 0 aliphatic carbocycles. The van der Waals surface area contributed by atoms with Gasteiger partial charge in [-0.25, -0.2) is 0 Å². The number of para-hydroxylation sites is 1. The Morgan fingerprint density at radius 1 is 1.35 bits per heavy atom. The van der Waals surface area contributed by atoms with Gasteiger partial charge in [-0.1, -0.05) is 32.0 Å². The van der Waals surface area contributed by atoms with E-state index in [0.29, 0.717) is 18.2 Å². The second-order valence-electron chi connectivity index (χ2n) is 6.47. The molecule has 3 heteroatoms. The van der Waals surface area contributed by atoms with Gasteiger partial charge in [-0.15, -0.1) is 0 Å². The Labute approximate surface area is 122 Å². The molecule has 2 aliphatic rings. The minimum Gasteiger partial charge on any atom is -0.488 e. The van der Waals surface area contributed by atoms with Gasteiger partial charge in [0.15, 0.2) is 0 Å². The van der Waals surface area contributed by atoms with Crippen molar-refractivity contribution in [2.45, 2.75) is 51.3 Å². The molecule has 1 aromatic rings. The highest BCUT2D eigenvalue weighted by Gasteiger charge is 2.27. The number of rotatable bonds is 4. The Morgan fingerprint density at radius 3 is 3.00 bits per heavy atom. The van der Waals surface area contributed by atoms with Gasteiger partial charge in [0.25, 0.3) is 0 Å². The van der Waals surface area contributed by atoms with Crippen LogP contribution in [0.15, 0.2) is 24.3 Å². The van der Waals surface area contributed by atoms with Crippen molar-refractivity contribution in [3.05, 3.63) is 29.8 Å². The van der Waals surface area contributed by atoms with Crippen LogP contribution in [0.1, 0.15) is 32.3 Å². The second kappa shape index (κ2) is 6.15. The molecule has 2 atom stereocenters. The van der Waals surface area contributed by atoms with Crippen molar-refractivity contribution in [1.82, 2.24) is 10.2 Å². The van der Waals surface area contributed by atoms with Crippen LogP contribution in [0.25, 0.3) is 0 Å². The first-order valence-electron chi connectivity index (χ1n) is 7.93. The Bertz CT molecular complexity index is 421. The van der Waals surface area contributed by atoms with Crippen molar-refractivity contribution in [2.24, 2.45) is 0 Å². The smallest absolute Gasteiger partial charge is 0.123 e. The third-order valence-electron chi connectivity index (χ3n) is 4.25. The fraction of sp³-hybridized carbons (Fsp3) is 0.647. The van der Waals surface area contributed by atoms with E-state index in [-0.39, 0.29) is 0 Å². The number of nitrogens with one attached hydrogen (secondary N) is 1. The van der Waals surface area contributed by atoms with Crippen molar-refractivity contribution in [3.63, 3.8) is 0 Å². The summed E-state index contributed by atoms with van der Waals surface area (Å²) in [5.41, 5.74) is 1.37. The second-order valence-corrected chi connectivity index (χ2v) is 6.47. The summed E-state index contributed by atoms with van der Waals surface area (Å²) in [5.74, 6) is 1.09. The molecule has 2 aliphatic heterocycles. The fourth-order valence-electron chi connectivity index (χ4n) is 3.47. The first kappa shape index (κ1) is 13.9. The molecule has 1 aromatic carbocycles. The third-order valence-corrected chi connectivity index (χ3v) is 4.25. The minimum atomic E-state index is 0.338. The van der Waals surface area contributed by atoms with Crippen molar-refractivity contribution in [2.75, 3.05) is 19.6 Å². The Kier molecular flexibility index (Phi) is 4.27. The van der Waals surface area contributed by atoms with Crippen LogP contribution in [0, 0.1) is 0 Å². The first-order valence-corrected chi connectivity index (χ1v) is 7.93. The molecule has 2 unspecified atom stereocenters. The zero-order valence-electron chi connectivity index (χ0n) is 12.6. The highest BCUT2D eigenvalue weighted by molar-refractivity contribution is 5.37. The number of ether oxygens (including phenoxy) is 1. The van der Waals surface area contributed by atoms with Gasteiger partial charge < -0.3 is 10.1 Å². The molecule has 3 nitrogen and oxygen atoms in total. The van der Waals surface area contributed by atoms with Crippen molar-refractivity contribution < 1.29 is 4.74 Å². The molecule has 0 radical (unpaired) electrons. The van der Waals surface area contributed by atoms with Crippen molar-refractivity contribution >= 4 is 0 Å². The van der Waals surface area contributed by atoms with Gasteiger partial charge in [-0.05, 0) is 31.0 Å². The van der Waals surface area contributed by atoms with Gasteiger partial charge in [0.05, 0.1) is 0 Å². The summed E-state index contributed by atoms with van der Waals surface area (Å²) in [6, 6.07) is 9.67. The van der Waals surface area contributed by atoms with E-state index in [9.17, 15) is 0 Å². The zero-order chi connectivity index (χ0) is 13.9. The molecule has 2 heterocycles. The summed E-state index contributed by atoms with van der Waals surface area (Å²) < 4.78 is 6.06. The molecule has 0 spiro atoms.